The van der Waals surface area contributed by atoms with E-state index >= 15 is 0 Å². The van der Waals surface area contributed by atoms with E-state index in [2.05, 4.69) is 17.2 Å². The minimum atomic E-state index is -2.92. The van der Waals surface area contributed by atoms with E-state index in [4.69, 9.17) is 0 Å². The third kappa shape index (κ3) is 5.60. The van der Waals surface area contributed by atoms with E-state index in [0.717, 1.165) is 24.2 Å². The quantitative estimate of drug-likeness (QED) is 0.821. The first-order valence-corrected chi connectivity index (χ1v) is 8.32. The molecule has 1 aromatic rings. The van der Waals surface area contributed by atoms with Crippen LogP contribution in [0.5, 0.6) is 0 Å². The molecule has 1 atom stereocenters. The predicted molar refractivity (Wildman–Crippen MR) is 74.3 cm³/mol. The summed E-state index contributed by atoms with van der Waals surface area (Å²) in [4.78, 5) is 4.26. The Kier molecular flexibility index (Phi) is 5.75. The van der Waals surface area contributed by atoms with Crippen LogP contribution in [0, 0.1) is 6.92 Å². The molecule has 1 N–H and O–H groups in total. The highest BCUT2D eigenvalue weighted by atomic mass is 32.2. The van der Waals surface area contributed by atoms with Crippen LogP contribution in [-0.2, 0) is 9.84 Å². The summed E-state index contributed by atoms with van der Waals surface area (Å²) in [7, 11) is -2.92. The molecule has 0 aliphatic carbocycles. The molecule has 102 valence electrons. The molecule has 0 fully saturated rings. The normalized spacial score (nSPS) is 13.5. The standard InChI is InChI=1S/C13H22N2O2S/c1-4-8-14-13(7-9-18(3,16)17)12-6-5-11(2)15-10-12/h5-6,10,13-14H,4,7-9H2,1-3H3. The molecule has 0 spiro atoms. The van der Waals surface area contributed by atoms with Crippen molar-refractivity contribution in [3.63, 3.8) is 0 Å². The van der Waals surface area contributed by atoms with Gasteiger partial charge >= 0.3 is 0 Å². The molecule has 0 amide bonds. The number of hydrogen-bond acceptors (Lipinski definition) is 4. The first-order valence-electron chi connectivity index (χ1n) is 6.26. The number of sulfone groups is 1. The Hall–Kier alpha value is -0.940. The molecule has 0 aromatic carbocycles. The summed E-state index contributed by atoms with van der Waals surface area (Å²) in [6, 6.07) is 4.03. The molecule has 0 aliphatic heterocycles. The number of nitrogens with zero attached hydrogens (tertiary/aromatic N) is 1. The summed E-state index contributed by atoms with van der Waals surface area (Å²) < 4.78 is 22.5. The van der Waals surface area contributed by atoms with Gasteiger partial charge in [-0.15, -0.1) is 0 Å². The van der Waals surface area contributed by atoms with Gasteiger partial charge in [-0.3, -0.25) is 4.98 Å². The van der Waals surface area contributed by atoms with E-state index in [0.29, 0.717) is 6.42 Å². The molecule has 1 unspecified atom stereocenters. The van der Waals surface area contributed by atoms with Gasteiger partial charge in [0.25, 0.3) is 0 Å². The van der Waals surface area contributed by atoms with E-state index in [1.54, 1.807) is 0 Å². The molecule has 0 bridgehead atoms. The van der Waals surface area contributed by atoms with Gasteiger partial charge in [0.05, 0.1) is 5.75 Å². The van der Waals surface area contributed by atoms with E-state index in [9.17, 15) is 8.42 Å². The average Bonchev–Trinajstić information content (AvgIpc) is 2.29. The van der Waals surface area contributed by atoms with Crippen molar-refractivity contribution >= 4 is 9.84 Å². The number of pyridine rings is 1. The topological polar surface area (TPSA) is 59.1 Å². The maximum atomic E-state index is 11.3. The third-order valence-corrected chi connectivity index (χ3v) is 3.73. The summed E-state index contributed by atoms with van der Waals surface area (Å²) in [5.74, 6) is 0.197. The van der Waals surface area contributed by atoms with Gasteiger partial charge in [0, 0.05) is 24.2 Å². The van der Waals surface area contributed by atoms with Crippen molar-refractivity contribution in [2.75, 3.05) is 18.6 Å². The van der Waals surface area contributed by atoms with Crippen molar-refractivity contribution in [1.82, 2.24) is 10.3 Å². The summed E-state index contributed by atoms with van der Waals surface area (Å²) in [6.07, 6.45) is 4.71. The summed E-state index contributed by atoms with van der Waals surface area (Å²) in [5.41, 5.74) is 2.02. The Morgan fingerprint density at radius 2 is 2.11 bits per heavy atom. The van der Waals surface area contributed by atoms with Crippen LogP contribution in [0.25, 0.3) is 0 Å². The minimum Gasteiger partial charge on any atom is -0.310 e. The van der Waals surface area contributed by atoms with E-state index in [1.807, 2.05) is 25.3 Å². The first-order chi connectivity index (χ1) is 8.42. The van der Waals surface area contributed by atoms with Crippen LogP contribution in [-0.4, -0.2) is 32.0 Å². The number of rotatable bonds is 7. The number of nitrogens with one attached hydrogen (secondary N) is 1. The van der Waals surface area contributed by atoms with E-state index in [-0.39, 0.29) is 11.8 Å². The van der Waals surface area contributed by atoms with Gasteiger partial charge in [0.2, 0.25) is 0 Å². The lowest BCUT2D eigenvalue weighted by Gasteiger charge is -2.18. The molecule has 0 saturated carbocycles. The first kappa shape index (κ1) is 15.1. The molecule has 0 aliphatic rings. The van der Waals surface area contributed by atoms with Crippen LogP contribution in [0.4, 0.5) is 0 Å². The molecule has 5 heteroatoms. The van der Waals surface area contributed by atoms with Crippen molar-refractivity contribution < 1.29 is 8.42 Å². The Morgan fingerprint density at radius 1 is 1.39 bits per heavy atom. The van der Waals surface area contributed by atoms with Gasteiger partial charge in [-0.1, -0.05) is 13.0 Å². The van der Waals surface area contributed by atoms with Gasteiger partial charge < -0.3 is 5.32 Å². The van der Waals surface area contributed by atoms with Gasteiger partial charge in [0.15, 0.2) is 0 Å². The zero-order valence-corrected chi connectivity index (χ0v) is 12.1. The highest BCUT2D eigenvalue weighted by molar-refractivity contribution is 7.90. The lowest BCUT2D eigenvalue weighted by molar-refractivity contribution is 0.512. The molecule has 18 heavy (non-hydrogen) atoms. The third-order valence-electron chi connectivity index (χ3n) is 2.75. The molecule has 0 saturated heterocycles. The fourth-order valence-corrected chi connectivity index (χ4v) is 2.39. The smallest absolute Gasteiger partial charge is 0.147 e. The number of hydrogen-bond donors (Lipinski definition) is 1. The van der Waals surface area contributed by atoms with Gasteiger partial charge in [0.1, 0.15) is 9.84 Å². The second kappa shape index (κ2) is 6.85. The van der Waals surface area contributed by atoms with Crippen molar-refractivity contribution in [2.45, 2.75) is 32.7 Å². The van der Waals surface area contributed by atoms with Crippen molar-refractivity contribution in [2.24, 2.45) is 0 Å². The molecule has 0 radical (unpaired) electrons. The lowest BCUT2D eigenvalue weighted by Crippen LogP contribution is -2.24. The second-order valence-corrected chi connectivity index (χ2v) is 6.92. The predicted octanol–water partition coefficient (Wildman–Crippen LogP) is 1.87. The Morgan fingerprint density at radius 3 is 2.61 bits per heavy atom. The zero-order valence-electron chi connectivity index (χ0n) is 11.3. The number of aryl methyl sites for hydroxylation is 1. The molecule has 1 heterocycles. The maximum absolute atomic E-state index is 11.3. The highest BCUT2D eigenvalue weighted by Crippen LogP contribution is 2.17. The zero-order chi connectivity index (χ0) is 13.6. The Balaban J connectivity index is 2.74. The fourth-order valence-electron chi connectivity index (χ4n) is 1.72. The summed E-state index contributed by atoms with van der Waals surface area (Å²) in [5, 5.41) is 3.37. The van der Waals surface area contributed by atoms with Gasteiger partial charge in [-0.2, -0.15) is 0 Å². The highest BCUT2D eigenvalue weighted by Gasteiger charge is 2.13. The lowest BCUT2D eigenvalue weighted by atomic mass is 10.1. The molecular formula is C13H22N2O2S. The SMILES string of the molecule is CCCNC(CCS(C)(=O)=O)c1ccc(C)nc1. The molecule has 4 nitrogen and oxygen atoms in total. The minimum absolute atomic E-state index is 0.0628. The summed E-state index contributed by atoms with van der Waals surface area (Å²) >= 11 is 0. The van der Waals surface area contributed by atoms with Crippen molar-refractivity contribution in [1.29, 1.82) is 0 Å². The summed E-state index contributed by atoms with van der Waals surface area (Å²) in [6.45, 7) is 4.91. The number of aromatic nitrogens is 1. The van der Waals surface area contributed by atoms with Crippen LogP contribution in [0.1, 0.15) is 37.1 Å². The average molecular weight is 270 g/mol. The van der Waals surface area contributed by atoms with Crippen LogP contribution in [0.2, 0.25) is 0 Å². The molecular weight excluding hydrogens is 248 g/mol. The second-order valence-electron chi connectivity index (χ2n) is 4.66. The van der Waals surface area contributed by atoms with Crippen LogP contribution < -0.4 is 5.32 Å². The maximum Gasteiger partial charge on any atom is 0.147 e. The molecule has 1 aromatic heterocycles. The van der Waals surface area contributed by atoms with Crippen LogP contribution in [0.15, 0.2) is 18.3 Å². The fraction of sp³-hybridized carbons (Fsp3) is 0.615. The van der Waals surface area contributed by atoms with Gasteiger partial charge in [-0.25, -0.2) is 8.42 Å². The molecule has 1 rings (SSSR count). The van der Waals surface area contributed by atoms with Crippen LogP contribution in [0.3, 0.4) is 0 Å². The van der Waals surface area contributed by atoms with Gasteiger partial charge in [-0.05, 0) is 37.9 Å². The monoisotopic (exact) mass is 270 g/mol. The van der Waals surface area contributed by atoms with Crippen molar-refractivity contribution in [3.05, 3.63) is 29.6 Å². The van der Waals surface area contributed by atoms with E-state index < -0.39 is 9.84 Å². The van der Waals surface area contributed by atoms with E-state index in [1.165, 1.54) is 6.26 Å². The Bertz CT molecular complexity index is 454. The Labute approximate surface area is 110 Å². The largest absolute Gasteiger partial charge is 0.310 e. The van der Waals surface area contributed by atoms with Crippen LogP contribution >= 0.6 is 0 Å². The van der Waals surface area contributed by atoms with Crippen molar-refractivity contribution in [3.8, 4) is 0 Å².